The summed E-state index contributed by atoms with van der Waals surface area (Å²) in [6.45, 7) is 4.35. The Kier molecular flexibility index (Phi) is 4.15. The minimum Gasteiger partial charge on any atom is -0.497 e. The SMILES string of the molecule is COc1cccc(NC(=O)CN2CCn3cccc3C2C)c1. The van der Waals surface area contributed by atoms with Crippen molar-refractivity contribution in [3.8, 4) is 5.75 Å². The summed E-state index contributed by atoms with van der Waals surface area (Å²) < 4.78 is 7.42. The molecule has 1 aromatic heterocycles. The number of amides is 1. The minimum absolute atomic E-state index is 0.000101. The maximum atomic E-state index is 12.3. The zero-order valence-electron chi connectivity index (χ0n) is 13.0. The predicted octanol–water partition coefficient (Wildman–Crippen LogP) is 2.51. The number of fused-ring (bicyclic) bond motifs is 1. The lowest BCUT2D eigenvalue weighted by Gasteiger charge is -2.34. The summed E-state index contributed by atoms with van der Waals surface area (Å²) in [4.78, 5) is 14.5. The van der Waals surface area contributed by atoms with Crippen LogP contribution < -0.4 is 10.1 Å². The van der Waals surface area contributed by atoms with E-state index in [0.717, 1.165) is 24.5 Å². The highest BCUT2D eigenvalue weighted by molar-refractivity contribution is 5.92. The first-order chi connectivity index (χ1) is 10.7. The molecule has 0 spiro atoms. The Hall–Kier alpha value is -2.27. The van der Waals surface area contributed by atoms with Gasteiger partial charge in [-0.1, -0.05) is 6.07 Å². The molecule has 0 saturated heterocycles. The summed E-state index contributed by atoms with van der Waals surface area (Å²) in [6.07, 6.45) is 2.10. The van der Waals surface area contributed by atoms with Gasteiger partial charge in [0.1, 0.15) is 5.75 Å². The molecular formula is C17H21N3O2. The first-order valence-corrected chi connectivity index (χ1v) is 7.50. The summed E-state index contributed by atoms with van der Waals surface area (Å²) in [5.41, 5.74) is 2.03. The van der Waals surface area contributed by atoms with Gasteiger partial charge in [-0.2, -0.15) is 0 Å². The van der Waals surface area contributed by atoms with E-state index in [9.17, 15) is 4.79 Å². The van der Waals surface area contributed by atoms with E-state index < -0.39 is 0 Å². The van der Waals surface area contributed by atoms with E-state index in [0.29, 0.717) is 6.54 Å². The topological polar surface area (TPSA) is 46.5 Å². The third kappa shape index (κ3) is 2.99. The van der Waals surface area contributed by atoms with E-state index in [1.807, 2.05) is 24.3 Å². The molecule has 1 aromatic carbocycles. The van der Waals surface area contributed by atoms with E-state index >= 15 is 0 Å². The van der Waals surface area contributed by atoms with Gasteiger partial charge in [-0.15, -0.1) is 0 Å². The van der Waals surface area contributed by atoms with E-state index in [-0.39, 0.29) is 11.9 Å². The summed E-state index contributed by atoms with van der Waals surface area (Å²) in [5, 5.41) is 2.93. The number of nitrogens with zero attached hydrogens (tertiary/aromatic N) is 2. The fourth-order valence-electron chi connectivity index (χ4n) is 2.93. The van der Waals surface area contributed by atoms with Gasteiger partial charge in [0.15, 0.2) is 0 Å². The molecule has 0 saturated carbocycles. The Morgan fingerprint density at radius 3 is 3.00 bits per heavy atom. The number of hydrogen-bond donors (Lipinski definition) is 1. The van der Waals surface area contributed by atoms with E-state index in [2.05, 4.69) is 40.0 Å². The number of carbonyl (C=O) groups is 1. The number of anilines is 1. The summed E-state index contributed by atoms with van der Waals surface area (Å²) in [5.74, 6) is 0.738. The fraction of sp³-hybridized carbons (Fsp3) is 0.353. The van der Waals surface area contributed by atoms with Crippen molar-refractivity contribution >= 4 is 11.6 Å². The molecule has 1 aliphatic heterocycles. The van der Waals surface area contributed by atoms with Crippen molar-refractivity contribution in [3.05, 3.63) is 48.3 Å². The molecule has 3 rings (SSSR count). The Balaban J connectivity index is 1.62. The van der Waals surface area contributed by atoms with Crippen LogP contribution in [0, 0.1) is 0 Å². The van der Waals surface area contributed by atoms with Gasteiger partial charge in [0.25, 0.3) is 0 Å². The lowest BCUT2D eigenvalue weighted by molar-refractivity contribution is -0.118. The maximum Gasteiger partial charge on any atom is 0.238 e. The molecule has 22 heavy (non-hydrogen) atoms. The molecule has 1 amide bonds. The van der Waals surface area contributed by atoms with Crippen LogP contribution in [-0.4, -0.2) is 35.6 Å². The fourth-order valence-corrected chi connectivity index (χ4v) is 2.93. The number of methoxy groups -OCH3 is 1. The van der Waals surface area contributed by atoms with Gasteiger partial charge in [0.05, 0.1) is 13.7 Å². The highest BCUT2D eigenvalue weighted by Gasteiger charge is 2.24. The Morgan fingerprint density at radius 1 is 1.32 bits per heavy atom. The van der Waals surface area contributed by atoms with Crippen molar-refractivity contribution in [1.29, 1.82) is 0 Å². The summed E-state index contributed by atoms with van der Waals surface area (Å²) >= 11 is 0. The van der Waals surface area contributed by atoms with Gasteiger partial charge >= 0.3 is 0 Å². The van der Waals surface area contributed by atoms with Crippen LogP contribution in [0.3, 0.4) is 0 Å². The average Bonchev–Trinajstić information content (AvgIpc) is 2.99. The number of nitrogens with one attached hydrogen (secondary N) is 1. The van der Waals surface area contributed by atoms with Gasteiger partial charge in [-0.05, 0) is 31.2 Å². The molecule has 0 bridgehead atoms. The monoisotopic (exact) mass is 299 g/mol. The van der Waals surface area contributed by atoms with E-state index in [4.69, 9.17) is 4.74 Å². The van der Waals surface area contributed by atoms with Gasteiger partial charge in [0, 0.05) is 42.8 Å². The zero-order valence-corrected chi connectivity index (χ0v) is 13.0. The van der Waals surface area contributed by atoms with Crippen molar-refractivity contribution in [1.82, 2.24) is 9.47 Å². The van der Waals surface area contributed by atoms with Crippen LogP contribution in [0.4, 0.5) is 5.69 Å². The summed E-state index contributed by atoms with van der Waals surface area (Å²) in [6, 6.07) is 11.8. The number of hydrogen-bond acceptors (Lipinski definition) is 3. The summed E-state index contributed by atoms with van der Waals surface area (Å²) in [7, 11) is 1.62. The molecule has 5 nitrogen and oxygen atoms in total. The standard InChI is InChI=1S/C17H21N3O2/c1-13-16-7-4-8-19(16)9-10-20(13)12-17(21)18-14-5-3-6-15(11-14)22-2/h3-8,11,13H,9-10,12H2,1-2H3,(H,18,21). The van der Waals surface area contributed by atoms with Gasteiger partial charge in [-0.25, -0.2) is 0 Å². The average molecular weight is 299 g/mol. The smallest absolute Gasteiger partial charge is 0.238 e. The predicted molar refractivity (Wildman–Crippen MR) is 86.0 cm³/mol. The molecule has 1 aliphatic rings. The second-order valence-electron chi connectivity index (χ2n) is 5.55. The van der Waals surface area contributed by atoms with Crippen LogP contribution in [0.15, 0.2) is 42.6 Å². The molecule has 0 radical (unpaired) electrons. The molecule has 116 valence electrons. The van der Waals surface area contributed by atoms with Gasteiger partial charge in [-0.3, -0.25) is 9.69 Å². The number of benzene rings is 1. The Bertz CT molecular complexity index is 665. The largest absolute Gasteiger partial charge is 0.497 e. The number of rotatable bonds is 4. The van der Waals surface area contributed by atoms with Crippen LogP contribution in [0.5, 0.6) is 5.75 Å². The van der Waals surface area contributed by atoms with E-state index in [1.54, 1.807) is 7.11 Å². The quantitative estimate of drug-likeness (QED) is 0.943. The molecule has 1 unspecified atom stereocenters. The van der Waals surface area contributed by atoms with E-state index in [1.165, 1.54) is 5.69 Å². The molecule has 2 heterocycles. The normalized spacial score (nSPS) is 17.8. The van der Waals surface area contributed by atoms with Gasteiger partial charge < -0.3 is 14.6 Å². The highest BCUT2D eigenvalue weighted by atomic mass is 16.5. The van der Waals surface area contributed by atoms with Crippen LogP contribution in [0.2, 0.25) is 0 Å². The third-order valence-corrected chi connectivity index (χ3v) is 4.17. The first-order valence-electron chi connectivity index (χ1n) is 7.50. The lowest BCUT2D eigenvalue weighted by atomic mass is 10.1. The molecule has 2 aromatic rings. The number of ether oxygens (including phenoxy) is 1. The van der Waals surface area contributed by atoms with Crippen molar-refractivity contribution in [3.63, 3.8) is 0 Å². The Labute approximate surface area is 130 Å². The lowest BCUT2D eigenvalue weighted by Crippen LogP contribution is -2.41. The highest BCUT2D eigenvalue weighted by Crippen LogP contribution is 2.25. The van der Waals surface area contributed by atoms with Crippen molar-refractivity contribution in [2.24, 2.45) is 0 Å². The van der Waals surface area contributed by atoms with Gasteiger partial charge in [0.2, 0.25) is 5.91 Å². The van der Waals surface area contributed by atoms with Crippen molar-refractivity contribution in [2.45, 2.75) is 19.5 Å². The van der Waals surface area contributed by atoms with Crippen molar-refractivity contribution in [2.75, 3.05) is 25.5 Å². The van der Waals surface area contributed by atoms with Crippen LogP contribution in [-0.2, 0) is 11.3 Å². The zero-order chi connectivity index (χ0) is 15.5. The maximum absolute atomic E-state index is 12.3. The minimum atomic E-state index is 0.000101. The second kappa shape index (κ2) is 6.23. The molecule has 1 N–H and O–H groups in total. The van der Waals surface area contributed by atoms with Crippen LogP contribution >= 0.6 is 0 Å². The van der Waals surface area contributed by atoms with Crippen LogP contribution in [0.25, 0.3) is 0 Å². The number of aromatic nitrogens is 1. The number of carbonyl (C=O) groups excluding carboxylic acids is 1. The molecule has 1 atom stereocenters. The molecule has 0 fully saturated rings. The molecule has 5 heteroatoms. The Morgan fingerprint density at radius 2 is 2.18 bits per heavy atom. The molecule has 0 aliphatic carbocycles. The van der Waals surface area contributed by atoms with Crippen molar-refractivity contribution < 1.29 is 9.53 Å². The molecular weight excluding hydrogens is 278 g/mol. The first kappa shape index (κ1) is 14.7. The third-order valence-electron chi connectivity index (χ3n) is 4.17. The second-order valence-corrected chi connectivity index (χ2v) is 5.55. The van der Waals surface area contributed by atoms with Crippen LogP contribution in [0.1, 0.15) is 18.7 Å².